The van der Waals surface area contributed by atoms with Gasteiger partial charge in [-0.1, -0.05) is 48.5 Å². The fourth-order valence-electron chi connectivity index (χ4n) is 2.90. The predicted molar refractivity (Wildman–Crippen MR) is 100 cm³/mol. The molecule has 4 rings (SSSR count). The highest BCUT2D eigenvalue weighted by Gasteiger charge is 2.14. The van der Waals surface area contributed by atoms with E-state index in [1.165, 1.54) is 6.07 Å². The Kier molecular flexibility index (Phi) is 4.07. The molecule has 2 N–H and O–H groups in total. The molecule has 128 valence electrons. The molecule has 4 aromatic rings. The molecule has 0 radical (unpaired) electrons. The summed E-state index contributed by atoms with van der Waals surface area (Å²) in [4.78, 5) is 31.6. The first-order chi connectivity index (χ1) is 12.7. The number of aromatic amines is 1. The van der Waals surface area contributed by atoms with Crippen molar-refractivity contribution in [1.29, 1.82) is 0 Å². The van der Waals surface area contributed by atoms with Gasteiger partial charge in [-0.2, -0.15) is 0 Å². The van der Waals surface area contributed by atoms with E-state index in [4.69, 9.17) is 0 Å². The van der Waals surface area contributed by atoms with Gasteiger partial charge in [-0.3, -0.25) is 14.9 Å². The lowest BCUT2D eigenvalue weighted by molar-refractivity contribution is 0.102. The van der Waals surface area contributed by atoms with Crippen LogP contribution >= 0.6 is 0 Å². The number of imidazole rings is 1. The molecule has 0 atom stereocenters. The van der Waals surface area contributed by atoms with Crippen LogP contribution in [0.4, 0.5) is 5.95 Å². The Balaban J connectivity index is 1.64. The van der Waals surface area contributed by atoms with Crippen molar-refractivity contribution in [3.05, 3.63) is 94.5 Å². The second-order valence-corrected chi connectivity index (χ2v) is 5.91. The lowest BCUT2D eigenvalue weighted by Crippen LogP contribution is -2.19. The fourth-order valence-corrected chi connectivity index (χ4v) is 2.90. The molecule has 2 aromatic carbocycles. The maximum atomic E-state index is 12.8. The van der Waals surface area contributed by atoms with Crippen LogP contribution in [0.25, 0.3) is 10.9 Å². The molecule has 0 saturated heterocycles. The van der Waals surface area contributed by atoms with E-state index in [1.54, 1.807) is 24.5 Å². The Morgan fingerprint density at radius 3 is 2.69 bits per heavy atom. The van der Waals surface area contributed by atoms with Crippen LogP contribution < -0.4 is 10.9 Å². The number of para-hydroxylation sites is 1. The van der Waals surface area contributed by atoms with Gasteiger partial charge in [-0.15, -0.1) is 0 Å². The first-order valence-electron chi connectivity index (χ1n) is 8.19. The molecule has 0 bridgehead atoms. The zero-order valence-corrected chi connectivity index (χ0v) is 13.8. The monoisotopic (exact) mass is 344 g/mol. The number of hydrogen-bond acceptors (Lipinski definition) is 3. The summed E-state index contributed by atoms with van der Waals surface area (Å²) < 4.78 is 1.85. The van der Waals surface area contributed by atoms with Crippen LogP contribution in [-0.4, -0.2) is 20.4 Å². The maximum absolute atomic E-state index is 12.8. The van der Waals surface area contributed by atoms with Crippen molar-refractivity contribution in [3.63, 3.8) is 0 Å². The first kappa shape index (κ1) is 15.8. The first-order valence-corrected chi connectivity index (χ1v) is 8.19. The van der Waals surface area contributed by atoms with E-state index in [2.05, 4.69) is 15.3 Å². The van der Waals surface area contributed by atoms with Crippen LogP contribution in [0.3, 0.4) is 0 Å². The summed E-state index contributed by atoms with van der Waals surface area (Å²) in [6.07, 6.45) is 3.44. The lowest BCUT2D eigenvalue weighted by Gasteiger charge is -2.10. The molecular formula is C20H16N4O2. The molecule has 1 amide bonds. The second-order valence-electron chi connectivity index (χ2n) is 5.91. The third kappa shape index (κ3) is 3.12. The van der Waals surface area contributed by atoms with Crippen molar-refractivity contribution < 1.29 is 4.79 Å². The molecular weight excluding hydrogens is 328 g/mol. The molecule has 6 nitrogen and oxygen atoms in total. The molecule has 0 aliphatic heterocycles. The number of aromatic nitrogens is 3. The van der Waals surface area contributed by atoms with Crippen LogP contribution in [0.15, 0.2) is 77.9 Å². The Morgan fingerprint density at radius 2 is 1.85 bits per heavy atom. The molecule has 2 heterocycles. The summed E-state index contributed by atoms with van der Waals surface area (Å²) in [5, 5.41) is 3.49. The van der Waals surface area contributed by atoms with Gasteiger partial charge in [0.2, 0.25) is 11.5 Å². The van der Waals surface area contributed by atoms with Crippen LogP contribution in [0.5, 0.6) is 0 Å². The van der Waals surface area contributed by atoms with Gasteiger partial charge in [0.1, 0.15) is 0 Å². The molecule has 0 fully saturated rings. The maximum Gasteiger partial charge on any atom is 0.258 e. The van der Waals surface area contributed by atoms with Crippen molar-refractivity contribution in [1.82, 2.24) is 14.5 Å². The Hall–Kier alpha value is -3.67. The lowest BCUT2D eigenvalue weighted by atomic mass is 10.1. The molecule has 6 heteroatoms. The third-order valence-electron chi connectivity index (χ3n) is 4.13. The smallest absolute Gasteiger partial charge is 0.258 e. The highest BCUT2D eigenvalue weighted by Crippen LogP contribution is 2.17. The van der Waals surface area contributed by atoms with E-state index in [9.17, 15) is 9.59 Å². The summed E-state index contributed by atoms with van der Waals surface area (Å²) in [5.41, 5.74) is 1.72. The SMILES string of the molecule is O=C(Nc1nccn1Cc1ccccc1)c1cc(=O)[nH]c2ccccc12. The minimum absolute atomic E-state index is 0.318. The van der Waals surface area contributed by atoms with Crippen LogP contribution in [-0.2, 0) is 6.54 Å². The van der Waals surface area contributed by atoms with Gasteiger partial charge in [-0.25, -0.2) is 4.98 Å². The van der Waals surface area contributed by atoms with Crippen molar-refractivity contribution in [2.24, 2.45) is 0 Å². The van der Waals surface area contributed by atoms with Gasteiger partial charge in [-0.05, 0) is 11.6 Å². The largest absolute Gasteiger partial charge is 0.322 e. The molecule has 0 saturated carbocycles. The van der Waals surface area contributed by atoms with Crippen molar-refractivity contribution in [3.8, 4) is 0 Å². The Labute approximate surface area is 149 Å². The minimum atomic E-state index is -0.368. The topological polar surface area (TPSA) is 79.8 Å². The quantitative estimate of drug-likeness (QED) is 0.597. The molecule has 26 heavy (non-hydrogen) atoms. The van der Waals surface area contributed by atoms with E-state index >= 15 is 0 Å². The number of nitrogens with one attached hydrogen (secondary N) is 2. The van der Waals surface area contributed by atoms with E-state index in [0.717, 1.165) is 5.56 Å². The molecule has 0 aliphatic carbocycles. The van der Waals surface area contributed by atoms with Gasteiger partial charge < -0.3 is 9.55 Å². The predicted octanol–water partition coefficient (Wildman–Crippen LogP) is 3.03. The van der Waals surface area contributed by atoms with Gasteiger partial charge in [0, 0.05) is 29.4 Å². The normalized spacial score (nSPS) is 10.8. The summed E-state index contributed by atoms with van der Waals surface area (Å²) in [6.45, 7) is 0.590. The molecule has 0 aliphatic rings. The molecule has 0 spiro atoms. The number of amides is 1. The van der Waals surface area contributed by atoms with E-state index < -0.39 is 0 Å². The number of pyridine rings is 1. The van der Waals surface area contributed by atoms with Crippen molar-refractivity contribution >= 4 is 22.8 Å². The van der Waals surface area contributed by atoms with Gasteiger partial charge in [0.15, 0.2) is 0 Å². The Bertz CT molecular complexity index is 1130. The van der Waals surface area contributed by atoms with Crippen molar-refractivity contribution in [2.45, 2.75) is 6.54 Å². The number of hydrogen-bond donors (Lipinski definition) is 2. The van der Waals surface area contributed by atoms with Crippen LogP contribution in [0, 0.1) is 0 Å². The standard InChI is InChI=1S/C20H16N4O2/c25-18-12-16(15-8-4-5-9-17(15)22-18)19(26)23-20-21-10-11-24(20)13-14-6-2-1-3-7-14/h1-12H,13H2,(H,22,25)(H,21,23,26). The third-order valence-corrected chi connectivity index (χ3v) is 4.13. The van der Waals surface area contributed by atoms with Crippen molar-refractivity contribution in [2.75, 3.05) is 5.32 Å². The van der Waals surface area contributed by atoms with Gasteiger partial charge >= 0.3 is 0 Å². The number of anilines is 1. The van der Waals surface area contributed by atoms with Crippen LogP contribution in [0.2, 0.25) is 0 Å². The van der Waals surface area contributed by atoms with E-state index in [0.29, 0.717) is 29.0 Å². The highest BCUT2D eigenvalue weighted by molar-refractivity contribution is 6.11. The zero-order valence-electron chi connectivity index (χ0n) is 13.8. The summed E-state index contributed by atoms with van der Waals surface area (Å²) >= 11 is 0. The van der Waals surface area contributed by atoms with Crippen LogP contribution in [0.1, 0.15) is 15.9 Å². The summed E-state index contributed by atoms with van der Waals surface area (Å²) in [5.74, 6) is 0.0658. The number of carbonyl (C=O) groups excluding carboxylic acids is 1. The van der Waals surface area contributed by atoms with Gasteiger partial charge in [0.05, 0.1) is 12.1 Å². The van der Waals surface area contributed by atoms with Gasteiger partial charge in [0.25, 0.3) is 5.91 Å². The number of benzene rings is 2. The number of fused-ring (bicyclic) bond motifs is 1. The number of H-pyrrole nitrogens is 1. The molecule has 2 aromatic heterocycles. The Morgan fingerprint density at radius 1 is 1.08 bits per heavy atom. The highest BCUT2D eigenvalue weighted by atomic mass is 16.2. The van der Waals surface area contributed by atoms with E-state index in [-0.39, 0.29) is 11.5 Å². The zero-order chi connectivity index (χ0) is 17.9. The van der Waals surface area contributed by atoms with E-state index in [1.807, 2.05) is 47.0 Å². The number of rotatable bonds is 4. The number of carbonyl (C=O) groups is 1. The average Bonchev–Trinajstić information content (AvgIpc) is 3.08. The summed E-state index contributed by atoms with van der Waals surface area (Å²) in [7, 11) is 0. The number of nitrogens with zero attached hydrogens (tertiary/aromatic N) is 2. The fraction of sp³-hybridized carbons (Fsp3) is 0.0500. The average molecular weight is 344 g/mol. The minimum Gasteiger partial charge on any atom is -0.322 e. The second kappa shape index (κ2) is 6.68. The molecule has 0 unspecified atom stereocenters. The summed E-state index contributed by atoms with van der Waals surface area (Å²) in [6, 6.07) is 18.4.